The van der Waals surface area contributed by atoms with Gasteiger partial charge in [-0.2, -0.15) is 0 Å². The summed E-state index contributed by atoms with van der Waals surface area (Å²) in [6.45, 7) is 10.6. The van der Waals surface area contributed by atoms with Crippen molar-refractivity contribution in [3.63, 3.8) is 0 Å². The van der Waals surface area contributed by atoms with Gasteiger partial charge >= 0.3 is 6.09 Å². The largest absolute Gasteiger partial charge is 0.444 e. The molecule has 3 nitrogen and oxygen atoms in total. The van der Waals surface area contributed by atoms with Gasteiger partial charge < -0.3 is 10.1 Å². The first-order valence-corrected chi connectivity index (χ1v) is 5.32. The van der Waals surface area contributed by atoms with Crippen molar-refractivity contribution in [2.45, 2.75) is 53.1 Å². The minimum atomic E-state index is -0.402. The third kappa shape index (κ3) is 7.90. The third-order valence-corrected chi connectivity index (χ3v) is 2.00. The van der Waals surface area contributed by atoms with Gasteiger partial charge in [-0.1, -0.05) is 20.3 Å². The second-order valence-electron chi connectivity index (χ2n) is 4.73. The van der Waals surface area contributed by atoms with Crippen LogP contribution in [0, 0.1) is 5.92 Å². The van der Waals surface area contributed by atoms with Gasteiger partial charge in [0.15, 0.2) is 0 Å². The lowest BCUT2D eigenvalue weighted by atomic mass is 10.1. The van der Waals surface area contributed by atoms with Crippen molar-refractivity contribution in [2.75, 3.05) is 6.54 Å². The molecule has 0 aromatic heterocycles. The Morgan fingerprint density at radius 1 is 1.43 bits per heavy atom. The molecule has 0 fully saturated rings. The quantitative estimate of drug-likeness (QED) is 0.759. The van der Waals surface area contributed by atoms with Gasteiger partial charge in [0.2, 0.25) is 0 Å². The molecule has 0 saturated heterocycles. The van der Waals surface area contributed by atoms with Crippen molar-refractivity contribution in [1.29, 1.82) is 0 Å². The van der Waals surface area contributed by atoms with Crippen molar-refractivity contribution in [3.8, 4) is 0 Å². The first-order valence-electron chi connectivity index (χ1n) is 5.32. The van der Waals surface area contributed by atoms with Crippen molar-refractivity contribution < 1.29 is 9.53 Å². The van der Waals surface area contributed by atoms with Crippen LogP contribution in [0.15, 0.2) is 0 Å². The van der Waals surface area contributed by atoms with Crippen LogP contribution in [0.5, 0.6) is 0 Å². The molecule has 3 heteroatoms. The fraction of sp³-hybridized carbons (Fsp3) is 0.909. The van der Waals surface area contributed by atoms with Crippen LogP contribution < -0.4 is 5.32 Å². The summed E-state index contributed by atoms with van der Waals surface area (Å²) in [5, 5.41) is 2.74. The fourth-order valence-corrected chi connectivity index (χ4v) is 0.939. The van der Waals surface area contributed by atoms with Crippen LogP contribution >= 0.6 is 0 Å². The van der Waals surface area contributed by atoms with Gasteiger partial charge in [-0.05, 0) is 33.1 Å². The molecule has 0 bridgehead atoms. The Kier molecular flexibility index (Phi) is 5.58. The zero-order chi connectivity index (χ0) is 11.2. The van der Waals surface area contributed by atoms with E-state index in [1.165, 1.54) is 0 Å². The minimum absolute atomic E-state index is 0.319. The molecular weight excluding hydrogens is 178 g/mol. The molecule has 0 rings (SSSR count). The van der Waals surface area contributed by atoms with Gasteiger partial charge in [-0.3, -0.25) is 0 Å². The zero-order valence-corrected chi connectivity index (χ0v) is 10.0. The number of rotatable bonds is 4. The van der Waals surface area contributed by atoms with Gasteiger partial charge in [0.25, 0.3) is 0 Å². The number of hydrogen-bond acceptors (Lipinski definition) is 2. The summed E-state index contributed by atoms with van der Waals surface area (Å²) in [6, 6.07) is 0. The molecular formula is C11H23NO2. The highest BCUT2D eigenvalue weighted by Gasteiger charge is 2.15. The van der Waals surface area contributed by atoms with Crippen LogP contribution in [0.2, 0.25) is 0 Å². The monoisotopic (exact) mass is 201 g/mol. The van der Waals surface area contributed by atoms with Crippen LogP contribution in [-0.4, -0.2) is 18.2 Å². The van der Waals surface area contributed by atoms with E-state index in [0.717, 1.165) is 12.8 Å². The van der Waals surface area contributed by atoms with E-state index in [1.807, 2.05) is 20.8 Å². The van der Waals surface area contributed by atoms with Gasteiger partial charge in [0, 0.05) is 6.54 Å². The Hall–Kier alpha value is -0.730. The van der Waals surface area contributed by atoms with Gasteiger partial charge in [0.1, 0.15) is 5.60 Å². The lowest BCUT2D eigenvalue weighted by molar-refractivity contribution is 0.0525. The van der Waals surface area contributed by atoms with E-state index in [-0.39, 0.29) is 6.09 Å². The molecule has 1 N–H and O–H groups in total. The summed E-state index contributed by atoms with van der Waals surface area (Å²) in [5.74, 6) is 0.657. The Labute approximate surface area is 87.2 Å². The smallest absolute Gasteiger partial charge is 0.407 e. The first kappa shape index (κ1) is 13.3. The van der Waals surface area contributed by atoms with Crippen LogP contribution in [-0.2, 0) is 4.74 Å². The van der Waals surface area contributed by atoms with Gasteiger partial charge in [-0.15, -0.1) is 0 Å². The molecule has 14 heavy (non-hydrogen) atoms. The number of alkyl carbamates (subject to hydrolysis) is 1. The van der Waals surface area contributed by atoms with Crippen LogP contribution in [0.25, 0.3) is 0 Å². The highest BCUT2D eigenvalue weighted by Crippen LogP contribution is 2.07. The summed E-state index contributed by atoms with van der Waals surface area (Å²) in [4.78, 5) is 11.2. The molecule has 0 aromatic carbocycles. The summed E-state index contributed by atoms with van der Waals surface area (Å²) in [5.41, 5.74) is -0.402. The maximum atomic E-state index is 11.2. The lowest BCUT2D eigenvalue weighted by Crippen LogP contribution is -2.33. The van der Waals surface area contributed by atoms with Crippen LogP contribution in [0.3, 0.4) is 0 Å². The summed E-state index contributed by atoms with van der Waals surface area (Å²) in [7, 11) is 0. The molecule has 0 aromatic rings. The van der Waals surface area contributed by atoms with E-state index in [2.05, 4.69) is 19.2 Å². The predicted molar refractivity (Wildman–Crippen MR) is 58.3 cm³/mol. The molecule has 1 unspecified atom stereocenters. The van der Waals surface area contributed by atoms with E-state index < -0.39 is 5.60 Å². The number of nitrogens with one attached hydrogen (secondary N) is 1. The highest BCUT2D eigenvalue weighted by molar-refractivity contribution is 5.67. The molecule has 84 valence electrons. The molecule has 1 amide bonds. The number of hydrogen-bond donors (Lipinski definition) is 1. The van der Waals surface area contributed by atoms with Crippen molar-refractivity contribution in [2.24, 2.45) is 5.92 Å². The Bertz CT molecular complexity index is 173. The predicted octanol–water partition coefficient (Wildman–Crippen LogP) is 2.95. The number of carbonyl (C=O) groups is 1. The Morgan fingerprint density at radius 2 is 2.00 bits per heavy atom. The van der Waals surface area contributed by atoms with Gasteiger partial charge in [-0.25, -0.2) is 4.79 Å². The second kappa shape index (κ2) is 5.89. The first-order chi connectivity index (χ1) is 6.35. The summed E-state index contributed by atoms with van der Waals surface area (Å²) in [6.07, 6.45) is 1.84. The Morgan fingerprint density at radius 3 is 2.43 bits per heavy atom. The highest BCUT2D eigenvalue weighted by atomic mass is 16.6. The SMILES string of the molecule is CCC(C)CCNC(=O)OC(C)(C)C. The standard InChI is InChI=1S/C11H23NO2/c1-6-9(2)7-8-12-10(13)14-11(3,4)5/h9H,6-8H2,1-5H3,(H,12,13). The topological polar surface area (TPSA) is 38.3 Å². The normalized spacial score (nSPS) is 13.5. The number of amides is 1. The molecule has 1 atom stereocenters. The molecule has 0 heterocycles. The molecule has 0 spiro atoms. The van der Waals surface area contributed by atoms with E-state index in [0.29, 0.717) is 12.5 Å². The zero-order valence-electron chi connectivity index (χ0n) is 10.0. The molecule has 0 saturated carbocycles. The summed E-state index contributed by atoms with van der Waals surface area (Å²) >= 11 is 0. The van der Waals surface area contributed by atoms with E-state index in [4.69, 9.17) is 4.74 Å². The van der Waals surface area contributed by atoms with Crippen LogP contribution in [0.1, 0.15) is 47.5 Å². The average molecular weight is 201 g/mol. The van der Waals surface area contributed by atoms with E-state index in [9.17, 15) is 4.79 Å². The molecule has 0 aliphatic rings. The van der Waals surface area contributed by atoms with Crippen molar-refractivity contribution in [1.82, 2.24) is 5.32 Å². The number of carbonyl (C=O) groups excluding carboxylic acids is 1. The molecule has 0 radical (unpaired) electrons. The number of ether oxygens (including phenoxy) is 1. The molecule has 0 aliphatic carbocycles. The second-order valence-corrected chi connectivity index (χ2v) is 4.73. The molecule has 0 aliphatic heterocycles. The Balaban J connectivity index is 3.55. The fourth-order valence-electron chi connectivity index (χ4n) is 0.939. The van der Waals surface area contributed by atoms with E-state index in [1.54, 1.807) is 0 Å². The van der Waals surface area contributed by atoms with Crippen molar-refractivity contribution in [3.05, 3.63) is 0 Å². The minimum Gasteiger partial charge on any atom is -0.444 e. The van der Waals surface area contributed by atoms with Gasteiger partial charge in [0.05, 0.1) is 0 Å². The van der Waals surface area contributed by atoms with Crippen molar-refractivity contribution >= 4 is 6.09 Å². The lowest BCUT2D eigenvalue weighted by Gasteiger charge is -2.20. The maximum absolute atomic E-state index is 11.2. The van der Waals surface area contributed by atoms with E-state index >= 15 is 0 Å². The van der Waals surface area contributed by atoms with Crippen LogP contribution in [0.4, 0.5) is 4.79 Å². The summed E-state index contributed by atoms with van der Waals surface area (Å²) < 4.78 is 5.10. The average Bonchev–Trinajstić information content (AvgIpc) is 2.00. The maximum Gasteiger partial charge on any atom is 0.407 e. The third-order valence-electron chi connectivity index (χ3n) is 2.00.